The van der Waals surface area contributed by atoms with Gasteiger partial charge in [0, 0.05) is 12.3 Å². The molecule has 1 aliphatic rings. The summed E-state index contributed by atoms with van der Waals surface area (Å²) < 4.78 is 0. The van der Waals surface area contributed by atoms with E-state index in [0.29, 0.717) is 19.3 Å². The maximum Gasteiger partial charge on any atom is 0.303 e. The number of carboxylic acids is 1. The lowest BCUT2D eigenvalue weighted by Gasteiger charge is -2.22. The zero-order valence-electron chi connectivity index (χ0n) is 16.8. The van der Waals surface area contributed by atoms with Crippen LogP contribution in [0.4, 0.5) is 0 Å². The minimum atomic E-state index is -0.937. The number of carboxylic acid groups (broad SMARTS) is 1. The van der Waals surface area contributed by atoms with Crippen molar-refractivity contribution in [1.82, 2.24) is 0 Å². The van der Waals surface area contributed by atoms with Crippen molar-refractivity contribution < 1.29 is 24.9 Å². The lowest BCUT2D eigenvalue weighted by molar-refractivity contribution is -0.139. The monoisotopic (exact) mass is 380 g/mol. The van der Waals surface area contributed by atoms with Crippen molar-refractivity contribution in [2.45, 2.75) is 90.3 Å². The van der Waals surface area contributed by atoms with Crippen molar-refractivity contribution in [2.75, 3.05) is 0 Å². The molecule has 1 saturated carbocycles. The van der Waals surface area contributed by atoms with Gasteiger partial charge in [0.2, 0.25) is 0 Å². The maximum atomic E-state index is 12.2. The van der Waals surface area contributed by atoms with Crippen LogP contribution in [0.25, 0.3) is 0 Å². The number of carbonyl (C=O) groups excluding carboxylic acids is 1. The number of ketones is 1. The lowest BCUT2D eigenvalue weighted by Crippen LogP contribution is -2.23. The number of hydrogen-bond donors (Lipinski definition) is 3. The average molecular weight is 381 g/mol. The molecule has 0 heterocycles. The first-order valence-electron chi connectivity index (χ1n) is 10.3. The van der Waals surface area contributed by atoms with E-state index in [4.69, 9.17) is 5.11 Å². The van der Waals surface area contributed by atoms with Gasteiger partial charge in [-0.15, -0.1) is 0 Å². The number of carbonyl (C=O) groups is 2. The molecule has 154 valence electrons. The molecular weight excluding hydrogens is 344 g/mol. The van der Waals surface area contributed by atoms with Crippen LogP contribution in [0.2, 0.25) is 0 Å². The molecule has 1 fully saturated rings. The Bertz CT molecular complexity index is 521. The summed E-state index contributed by atoms with van der Waals surface area (Å²) in [5, 5.41) is 29.0. The number of unbranched alkanes of at least 4 members (excludes halogenated alkanes) is 2. The Kier molecular flexibility index (Phi) is 11.2. The molecule has 1 aliphatic carbocycles. The van der Waals surface area contributed by atoms with Crippen LogP contribution in [0.5, 0.6) is 0 Å². The molecule has 0 amide bonds. The summed E-state index contributed by atoms with van der Waals surface area (Å²) in [6.45, 7) is 3.73. The van der Waals surface area contributed by atoms with Crippen LogP contribution in [-0.4, -0.2) is 39.3 Å². The third-order valence-electron chi connectivity index (χ3n) is 5.35. The summed E-state index contributed by atoms with van der Waals surface area (Å²) in [6, 6.07) is 0. The van der Waals surface area contributed by atoms with Crippen LogP contribution in [0, 0.1) is 11.8 Å². The Balaban J connectivity index is 2.74. The number of aliphatic hydroxyl groups excluding tert-OH is 2. The standard InChI is InChI=1S/C22H36O5/c1-3-4-5-10-19(24)11-7-6-9-17(20-12-8-13-21(20)25)14-18(16(2)23)15-22(26)27/h7,9,11,16,18-20,23-24H,3-6,8,10,12-15H2,1-2H3,(H,26,27)/b11-7+,17-9-. The Labute approximate surface area is 163 Å². The number of rotatable bonds is 13. The molecule has 5 nitrogen and oxygen atoms in total. The van der Waals surface area contributed by atoms with E-state index in [0.717, 1.165) is 44.1 Å². The summed E-state index contributed by atoms with van der Waals surface area (Å²) in [4.78, 5) is 23.3. The van der Waals surface area contributed by atoms with Crippen molar-refractivity contribution in [1.29, 1.82) is 0 Å². The summed E-state index contributed by atoms with van der Waals surface area (Å²) >= 11 is 0. The molecule has 4 unspecified atom stereocenters. The highest BCUT2D eigenvalue weighted by molar-refractivity contribution is 5.85. The quantitative estimate of drug-likeness (QED) is 0.331. The van der Waals surface area contributed by atoms with Crippen LogP contribution in [0.1, 0.15) is 78.1 Å². The van der Waals surface area contributed by atoms with E-state index in [9.17, 15) is 19.8 Å². The van der Waals surface area contributed by atoms with Gasteiger partial charge in [-0.1, -0.05) is 50.0 Å². The first kappa shape index (κ1) is 23.6. The van der Waals surface area contributed by atoms with E-state index in [1.165, 1.54) is 0 Å². The molecule has 0 radical (unpaired) electrons. The predicted octanol–water partition coefficient (Wildman–Crippen LogP) is 4.03. The SMILES string of the molecule is CCCCCC(O)/C=C/C/C=C(/CC(CC(=O)O)C(C)O)C1CCCC1=O. The van der Waals surface area contributed by atoms with Crippen molar-refractivity contribution in [3.8, 4) is 0 Å². The van der Waals surface area contributed by atoms with Crippen LogP contribution in [0.3, 0.4) is 0 Å². The highest BCUT2D eigenvalue weighted by Gasteiger charge is 2.30. The smallest absolute Gasteiger partial charge is 0.303 e. The van der Waals surface area contributed by atoms with Gasteiger partial charge in [0.25, 0.3) is 0 Å². The summed E-state index contributed by atoms with van der Waals surface area (Å²) in [7, 11) is 0. The number of allylic oxidation sites excluding steroid dienone is 3. The Morgan fingerprint density at radius 2 is 2.00 bits per heavy atom. The summed E-state index contributed by atoms with van der Waals surface area (Å²) in [6.07, 6.45) is 11.7. The van der Waals surface area contributed by atoms with Gasteiger partial charge in [0.05, 0.1) is 18.6 Å². The van der Waals surface area contributed by atoms with Gasteiger partial charge >= 0.3 is 5.97 Å². The van der Waals surface area contributed by atoms with Gasteiger partial charge in [0.1, 0.15) is 5.78 Å². The number of aliphatic carboxylic acids is 1. The molecule has 5 heteroatoms. The van der Waals surface area contributed by atoms with Gasteiger partial charge in [-0.05, 0) is 44.9 Å². The molecule has 0 saturated heterocycles. The molecule has 0 aliphatic heterocycles. The van der Waals surface area contributed by atoms with Crippen LogP contribution < -0.4 is 0 Å². The largest absolute Gasteiger partial charge is 0.481 e. The molecule has 1 rings (SSSR count). The third kappa shape index (κ3) is 9.34. The fraction of sp³-hybridized carbons (Fsp3) is 0.727. The van der Waals surface area contributed by atoms with E-state index in [1.54, 1.807) is 13.0 Å². The van der Waals surface area contributed by atoms with E-state index >= 15 is 0 Å². The second-order valence-corrected chi connectivity index (χ2v) is 7.72. The number of hydrogen-bond acceptors (Lipinski definition) is 4. The molecule has 27 heavy (non-hydrogen) atoms. The van der Waals surface area contributed by atoms with E-state index < -0.39 is 24.1 Å². The van der Waals surface area contributed by atoms with Gasteiger partial charge in [-0.3, -0.25) is 9.59 Å². The minimum absolute atomic E-state index is 0.109. The van der Waals surface area contributed by atoms with Crippen LogP contribution in [0.15, 0.2) is 23.8 Å². The second kappa shape index (κ2) is 12.8. The van der Waals surface area contributed by atoms with Crippen LogP contribution >= 0.6 is 0 Å². The molecule has 0 aromatic carbocycles. The molecule has 4 atom stereocenters. The molecule has 0 bridgehead atoms. The fourth-order valence-electron chi connectivity index (χ4n) is 3.67. The zero-order chi connectivity index (χ0) is 20.2. The first-order valence-corrected chi connectivity index (χ1v) is 10.3. The van der Waals surface area contributed by atoms with Gasteiger partial charge in [-0.2, -0.15) is 0 Å². The number of Topliss-reactive ketones (excluding diaryl/α,β-unsaturated/α-hetero) is 1. The maximum absolute atomic E-state index is 12.2. The Morgan fingerprint density at radius 1 is 1.26 bits per heavy atom. The highest BCUT2D eigenvalue weighted by Crippen LogP contribution is 2.33. The van der Waals surface area contributed by atoms with E-state index in [2.05, 4.69) is 6.92 Å². The van der Waals surface area contributed by atoms with Gasteiger partial charge in [-0.25, -0.2) is 0 Å². The zero-order valence-corrected chi connectivity index (χ0v) is 16.8. The minimum Gasteiger partial charge on any atom is -0.481 e. The van der Waals surface area contributed by atoms with Gasteiger partial charge < -0.3 is 15.3 Å². The average Bonchev–Trinajstić information content (AvgIpc) is 3.02. The van der Waals surface area contributed by atoms with Crippen molar-refractivity contribution in [3.63, 3.8) is 0 Å². The summed E-state index contributed by atoms with van der Waals surface area (Å²) in [5.74, 6) is -1.27. The van der Waals surface area contributed by atoms with Crippen molar-refractivity contribution in [2.24, 2.45) is 11.8 Å². The molecule has 0 aromatic heterocycles. The molecule has 0 spiro atoms. The topological polar surface area (TPSA) is 94.8 Å². The van der Waals surface area contributed by atoms with Crippen molar-refractivity contribution in [3.05, 3.63) is 23.8 Å². The Morgan fingerprint density at radius 3 is 2.56 bits per heavy atom. The molecule has 0 aromatic rings. The van der Waals surface area contributed by atoms with E-state index in [1.807, 2.05) is 12.2 Å². The molecule has 3 N–H and O–H groups in total. The fourth-order valence-corrected chi connectivity index (χ4v) is 3.67. The predicted molar refractivity (Wildman–Crippen MR) is 106 cm³/mol. The highest BCUT2D eigenvalue weighted by atomic mass is 16.4. The Hall–Kier alpha value is -1.46. The van der Waals surface area contributed by atoms with Gasteiger partial charge in [0.15, 0.2) is 0 Å². The first-order chi connectivity index (χ1) is 12.8. The summed E-state index contributed by atoms with van der Waals surface area (Å²) in [5.41, 5.74) is 0.940. The van der Waals surface area contributed by atoms with Crippen LogP contribution in [-0.2, 0) is 9.59 Å². The van der Waals surface area contributed by atoms with E-state index in [-0.39, 0.29) is 18.1 Å². The second-order valence-electron chi connectivity index (χ2n) is 7.72. The normalized spacial score (nSPS) is 21.6. The molecular formula is C22H36O5. The third-order valence-corrected chi connectivity index (χ3v) is 5.35. The lowest BCUT2D eigenvalue weighted by atomic mass is 9.84. The van der Waals surface area contributed by atoms with Crippen molar-refractivity contribution >= 4 is 11.8 Å². The number of aliphatic hydroxyl groups is 2.